The second-order valence-corrected chi connectivity index (χ2v) is 6.31. The topological polar surface area (TPSA) is 22.6 Å². The minimum absolute atomic E-state index is 0.180. The molecule has 1 aromatic heterocycles. The predicted octanol–water partition coefficient (Wildman–Crippen LogP) is 2.35. The minimum Gasteiger partial charge on any atom is -0.368 e. The van der Waals surface area contributed by atoms with Crippen molar-refractivity contribution >= 4 is 11.5 Å². The number of rotatable bonds is 3. The molecule has 0 aliphatic carbocycles. The van der Waals surface area contributed by atoms with Gasteiger partial charge in [-0.25, -0.2) is 9.37 Å². The van der Waals surface area contributed by atoms with E-state index in [0.717, 1.165) is 57.8 Å². The van der Waals surface area contributed by atoms with Crippen molar-refractivity contribution in [1.82, 2.24) is 9.88 Å². The zero-order valence-corrected chi connectivity index (χ0v) is 13.1. The first-order chi connectivity index (χ1) is 10.1. The van der Waals surface area contributed by atoms with Crippen LogP contribution in [-0.2, 0) is 0 Å². The molecular weight excluding hydrogens is 267 g/mol. The van der Waals surface area contributed by atoms with E-state index >= 15 is 0 Å². The van der Waals surface area contributed by atoms with E-state index in [0.29, 0.717) is 11.9 Å². The Morgan fingerprint density at radius 3 is 2.24 bits per heavy atom. The van der Waals surface area contributed by atoms with Gasteiger partial charge >= 0.3 is 0 Å². The molecule has 3 rings (SSSR count). The van der Waals surface area contributed by atoms with E-state index in [1.54, 1.807) is 6.07 Å². The van der Waals surface area contributed by atoms with Crippen LogP contribution < -0.4 is 9.80 Å². The monoisotopic (exact) mass is 292 g/mol. The Balaban J connectivity index is 1.68. The lowest BCUT2D eigenvalue weighted by Gasteiger charge is -2.38. The molecule has 0 amide bonds. The normalized spacial score (nSPS) is 20.6. The molecular formula is C16H25FN4. The van der Waals surface area contributed by atoms with Crippen molar-refractivity contribution in [2.75, 3.05) is 49.1 Å². The van der Waals surface area contributed by atoms with E-state index in [4.69, 9.17) is 0 Å². The number of nitrogens with zero attached hydrogens (tertiary/aromatic N) is 4. The largest absolute Gasteiger partial charge is 0.368 e. The fraction of sp³-hybridized carbons (Fsp3) is 0.688. The average Bonchev–Trinajstić information content (AvgIpc) is 3.01. The molecule has 2 saturated heterocycles. The summed E-state index contributed by atoms with van der Waals surface area (Å²) in [6, 6.07) is 2.24. The molecule has 2 fully saturated rings. The first-order valence-electron chi connectivity index (χ1n) is 8.04. The molecule has 3 heterocycles. The minimum atomic E-state index is -0.180. The van der Waals surface area contributed by atoms with Crippen LogP contribution in [0.2, 0.25) is 0 Å². The molecule has 21 heavy (non-hydrogen) atoms. The summed E-state index contributed by atoms with van der Waals surface area (Å²) in [7, 11) is 0. The Kier molecular flexibility index (Phi) is 4.29. The van der Waals surface area contributed by atoms with Gasteiger partial charge in [0.2, 0.25) is 0 Å². The average molecular weight is 292 g/mol. The van der Waals surface area contributed by atoms with Crippen LogP contribution in [0.3, 0.4) is 0 Å². The Morgan fingerprint density at radius 1 is 1.00 bits per heavy atom. The maximum Gasteiger partial charge on any atom is 0.167 e. The lowest BCUT2D eigenvalue weighted by Crippen LogP contribution is -2.49. The van der Waals surface area contributed by atoms with Crippen LogP contribution in [0.4, 0.5) is 15.9 Å². The lowest BCUT2D eigenvalue weighted by molar-refractivity contribution is 0.209. The summed E-state index contributed by atoms with van der Waals surface area (Å²) in [5.74, 6) is 0.345. The standard InChI is InChI=1S/C16H25FN4/c1-13(2)19-7-9-20(10-8-19)14-11-15(17)16(18-12-14)21-5-3-4-6-21/h11-13H,3-10H2,1-2H3. The van der Waals surface area contributed by atoms with Crippen LogP contribution in [0.1, 0.15) is 26.7 Å². The summed E-state index contributed by atoms with van der Waals surface area (Å²) in [4.78, 5) is 11.1. The lowest BCUT2D eigenvalue weighted by atomic mass is 10.2. The van der Waals surface area contributed by atoms with Gasteiger partial charge in [-0.05, 0) is 26.7 Å². The van der Waals surface area contributed by atoms with Crippen molar-refractivity contribution in [3.8, 4) is 0 Å². The van der Waals surface area contributed by atoms with E-state index in [1.165, 1.54) is 0 Å². The number of halogens is 1. The molecule has 116 valence electrons. The number of hydrogen-bond acceptors (Lipinski definition) is 4. The highest BCUT2D eigenvalue weighted by Gasteiger charge is 2.22. The van der Waals surface area contributed by atoms with Gasteiger partial charge in [0.1, 0.15) is 0 Å². The second-order valence-electron chi connectivity index (χ2n) is 6.31. The summed E-state index contributed by atoms with van der Waals surface area (Å²) in [5, 5.41) is 0. The Bertz CT molecular complexity index is 477. The molecule has 2 aliphatic rings. The van der Waals surface area contributed by atoms with Crippen molar-refractivity contribution in [3.05, 3.63) is 18.1 Å². The number of piperazine rings is 1. The van der Waals surface area contributed by atoms with Gasteiger partial charge < -0.3 is 9.80 Å². The van der Waals surface area contributed by atoms with Crippen LogP contribution in [0.25, 0.3) is 0 Å². The van der Waals surface area contributed by atoms with Gasteiger partial charge in [0.05, 0.1) is 11.9 Å². The first-order valence-corrected chi connectivity index (χ1v) is 8.04. The summed E-state index contributed by atoms with van der Waals surface area (Å²) in [6.45, 7) is 10.3. The van der Waals surface area contributed by atoms with E-state index < -0.39 is 0 Å². The van der Waals surface area contributed by atoms with E-state index in [9.17, 15) is 4.39 Å². The third-order valence-electron chi connectivity index (χ3n) is 4.62. The number of hydrogen-bond donors (Lipinski definition) is 0. The van der Waals surface area contributed by atoms with Crippen molar-refractivity contribution < 1.29 is 4.39 Å². The molecule has 0 radical (unpaired) electrons. The summed E-state index contributed by atoms with van der Waals surface area (Å²) >= 11 is 0. The Labute approximate surface area is 126 Å². The maximum atomic E-state index is 14.3. The molecule has 0 aromatic carbocycles. The fourth-order valence-electron chi connectivity index (χ4n) is 3.25. The van der Waals surface area contributed by atoms with Crippen molar-refractivity contribution in [3.63, 3.8) is 0 Å². The van der Waals surface area contributed by atoms with Crippen molar-refractivity contribution in [2.24, 2.45) is 0 Å². The van der Waals surface area contributed by atoms with Crippen LogP contribution in [-0.4, -0.2) is 55.2 Å². The number of anilines is 2. The quantitative estimate of drug-likeness (QED) is 0.853. The first kappa shape index (κ1) is 14.6. The molecule has 0 unspecified atom stereocenters. The SMILES string of the molecule is CC(C)N1CCN(c2cnc(N3CCCC3)c(F)c2)CC1. The van der Waals surface area contributed by atoms with E-state index in [1.807, 2.05) is 6.20 Å². The predicted molar refractivity (Wildman–Crippen MR) is 84.6 cm³/mol. The van der Waals surface area contributed by atoms with E-state index in [2.05, 4.69) is 33.5 Å². The molecule has 1 aromatic rings. The molecule has 0 bridgehead atoms. The van der Waals surface area contributed by atoms with Gasteiger partial charge in [0.15, 0.2) is 11.6 Å². The zero-order valence-electron chi connectivity index (χ0n) is 13.1. The molecule has 4 nitrogen and oxygen atoms in total. The third-order valence-corrected chi connectivity index (χ3v) is 4.62. The summed E-state index contributed by atoms with van der Waals surface area (Å²) in [6.07, 6.45) is 4.11. The zero-order chi connectivity index (χ0) is 14.8. The third kappa shape index (κ3) is 3.12. The van der Waals surface area contributed by atoms with Crippen LogP contribution in [0, 0.1) is 5.82 Å². The van der Waals surface area contributed by atoms with Gasteiger partial charge in [-0.1, -0.05) is 0 Å². The number of pyridine rings is 1. The van der Waals surface area contributed by atoms with Gasteiger partial charge in [0.25, 0.3) is 0 Å². The fourth-order valence-corrected chi connectivity index (χ4v) is 3.25. The molecule has 2 aliphatic heterocycles. The number of aromatic nitrogens is 1. The molecule has 0 spiro atoms. The molecule has 0 atom stereocenters. The maximum absolute atomic E-state index is 14.3. The van der Waals surface area contributed by atoms with Gasteiger partial charge in [-0.3, -0.25) is 4.90 Å². The Hall–Kier alpha value is -1.36. The summed E-state index contributed by atoms with van der Waals surface area (Å²) < 4.78 is 14.3. The van der Waals surface area contributed by atoms with Crippen molar-refractivity contribution in [2.45, 2.75) is 32.7 Å². The van der Waals surface area contributed by atoms with Gasteiger partial charge in [-0.15, -0.1) is 0 Å². The molecule has 0 saturated carbocycles. The van der Waals surface area contributed by atoms with Crippen LogP contribution in [0.15, 0.2) is 12.3 Å². The van der Waals surface area contributed by atoms with Crippen molar-refractivity contribution in [1.29, 1.82) is 0 Å². The van der Waals surface area contributed by atoms with E-state index in [-0.39, 0.29) is 5.82 Å². The molecule has 0 N–H and O–H groups in total. The van der Waals surface area contributed by atoms with Crippen LogP contribution in [0.5, 0.6) is 0 Å². The smallest absolute Gasteiger partial charge is 0.167 e. The Morgan fingerprint density at radius 2 is 1.67 bits per heavy atom. The highest BCUT2D eigenvalue weighted by Crippen LogP contribution is 2.25. The second kappa shape index (κ2) is 6.18. The molecule has 5 heteroatoms. The van der Waals surface area contributed by atoms with Gasteiger partial charge in [-0.2, -0.15) is 0 Å². The highest BCUT2D eigenvalue weighted by molar-refractivity contribution is 5.52. The van der Waals surface area contributed by atoms with Gasteiger partial charge in [0, 0.05) is 51.4 Å². The van der Waals surface area contributed by atoms with Crippen LogP contribution >= 0.6 is 0 Å². The summed E-state index contributed by atoms with van der Waals surface area (Å²) in [5.41, 5.74) is 0.916. The highest BCUT2D eigenvalue weighted by atomic mass is 19.1.